The number of nitrogens with zero attached hydrogens (tertiary/aromatic N) is 3. The van der Waals surface area contributed by atoms with Gasteiger partial charge < -0.3 is 15.2 Å². The maximum atomic E-state index is 13.0. The van der Waals surface area contributed by atoms with Crippen LogP contribution in [0.3, 0.4) is 0 Å². The van der Waals surface area contributed by atoms with Gasteiger partial charge in [0.25, 0.3) is 0 Å². The molecule has 0 spiro atoms. The van der Waals surface area contributed by atoms with Crippen molar-refractivity contribution in [3.63, 3.8) is 0 Å². The number of hydrogen-bond acceptors (Lipinski definition) is 5. The summed E-state index contributed by atoms with van der Waals surface area (Å²) in [7, 11) is 0. The minimum absolute atomic E-state index is 0.197. The van der Waals surface area contributed by atoms with E-state index >= 15 is 0 Å². The van der Waals surface area contributed by atoms with Gasteiger partial charge in [0.15, 0.2) is 17.8 Å². The van der Waals surface area contributed by atoms with Gasteiger partial charge in [-0.25, -0.2) is 0 Å². The monoisotopic (exact) mass is 399 g/mol. The molecule has 1 aliphatic rings. The van der Waals surface area contributed by atoms with Gasteiger partial charge in [0.05, 0.1) is 12.6 Å². The lowest BCUT2D eigenvalue weighted by atomic mass is 10.0. The van der Waals surface area contributed by atoms with Crippen LogP contribution in [0.25, 0.3) is 5.53 Å². The molecule has 146 valence electrons. The van der Waals surface area contributed by atoms with E-state index in [-0.39, 0.29) is 11.1 Å². The van der Waals surface area contributed by atoms with Gasteiger partial charge in [-0.2, -0.15) is 4.79 Å². The van der Waals surface area contributed by atoms with Gasteiger partial charge in [-0.05, 0) is 38.0 Å². The van der Waals surface area contributed by atoms with Gasteiger partial charge in [0, 0.05) is 0 Å². The second kappa shape index (κ2) is 9.03. The van der Waals surface area contributed by atoms with E-state index in [9.17, 15) is 10.3 Å². The lowest BCUT2D eigenvalue weighted by Crippen LogP contribution is -2.51. The number of benzene rings is 2. The molecule has 0 bridgehead atoms. The third-order valence-electron chi connectivity index (χ3n) is 4.37. The molecule has 0 unspecified atom stereocenters. The van der Waals surface area contributed by atoms with E-state index in [2.05, 4.69) is 4.79 Å². The Kier molecular flexibility index (Phi) is 6.49. The number of amides is 1. The lowest BCUT2D eigenvalue weighted by molar-refractivity contribution is -0.142. The molecule has 0 radical (unpaired) electrons. The van der Waals surface area contributed by atoms with Gasteiger partial charge in [0.1, 0.15) is 5.72 Å². The first-order valence-electron chi connectivity index (χ1n) is 8.81. The van der Waals surface area contributed by atoms with Gasteiger partial charge in [0.2, 0.25) is 0 Å². The van der Waals surface area contributed by atoms with Crippen molar-refractivity contribution >= 4 is 23.0 Å². The van der Waals surface area contributed by atoms with Crippen LogP contribution in [0.2, 0.25) is 0 Å². The SMILES string of the molecule is CC1(C)OC[C@H](Cc2ccccc2)N1C(=O)C(=[N+]=[N-])SOOc1ccccc1. The van der Waals surface area contributed by atoms with Crippen LogP contribution in [0.15, 0.2) is 60.7 Å². The number of ether oxygens (including phenoxy) is 1. The summed E-state index contributed by atoms with van der Waals surface area (Å²) in [5, 5.41) is -0.243. The molecule has 0 saturated carbocycles. The molecular weight excluding hydrogens is 378 g/mol. The first-order chi connectivity index (χ1) is 13.5. The minimum Gasteiger partial charge on any atom is -0.360 e. The van der Waals surface area contributed by atoms with Crippen molar-refractivity contribution in [1.82, 2.24) is 4.90 Å². The van der Waals surface area contributed by atoms with Crippen molar-refractivity contribution in [2.24, 2.45) is 0 Å². The number of hydrogen-bond donors (Lipinski definition) is 0. The van der Waals surface area contributed by atoms with E-state index in [4.69, 9.17) is 14.0 Å². The molecule has 0 N–H and O–H groups in total. The minimum atomic E-state index is -0.840. The maximum absolute atomic E-state index is 13.0. The van der Waals surface area contributed by atoms with Crippen molar-refractivity contribution in [2.45, 2.75) is 32.0 Å². The summed E-state index contributed by atoms with van der Waals surface area (Å²) >= 11 is 0.551. The van der Waals surface area contributed by atoms with E-state index in [0.717, 1.165) is 5.56 Å². The Morgan fingerprint density at radius 3 is 2.50 bits per heavy atom. The number of carbonyl (C=O) groups excluding carboxylic acids is 1. The summed E-state index contributed by atoms with van der Waals surface area (Å²) in [6.07, 6.45) is 0.626. The Hall–Kier alpha value is -2.64. The Morgan fingerprint density at radius 1 is 1.21 bits per heavy atom. The highest BCUT2D eigenvalue weighted by Gasteiger charge is 2.47. The highest BCUT2D eigenvalue weighted by Crippen LogP contribution is 2.30. The van der Waals surface area contributed by atoms with Crippen LogP contribution < -0.4 is 4.89 Å². The molecule has 1 amide bonds. The third kappa shape index (κ3) is 4.79. The molecule has 1 atom stereocenters. The van der Waals surface area contributed by atoms with Crippen molar-refractivity contribution in [3.8, 4) is 5.75 Å². The smallest absolute Gasteiger partial charge is 0.360 e. The summed E-state index contributed by atoms with van der Waals surface area (Å²) in [6, 6.07) is 18.5. The molecule has 1 fully saturated rings. The average Bonchev–Trinajstić information content (AvgIpc) is 3.00. The summed E-state index contributed by atoms with van der Waals surface area (Å²) in [6.45, 7) is 3.99. The van der Waals surface area contributed by atoms with Gasteiger partial charge >= 0.3 is 11.0 Å². The molecule has 1 heterocycles. The second-order valence-corrected chi connectivity index (χ2v) is 7.42. The van der Waals surface area contributed by atoms with E-state index in [0.29, 0.717) is 30.8 Å². The summed E-state index contributed by atoms with van der Waals surface area (Å²) in [4.78, 5) is 22.8. The predicted molar refractivity (Wildman–Crippen MR) is 105 cm³/mol. The topological polar surface area (TPSA) is 84.4 Å². The molecule has 2 aromatic carbocycles. The van der Waals surface area contributed by atoms with E-state index in [1.807, 2.05) is 36.4 Å². The maximum Gasteiger partial charge on any atom is 0.444 e. The van der Waals surface area contributed by atoms with Crippen LogP contribution >= 0.6 is 12.0 Å². The van der Waals surface area contributed by atoms with Crippen molar-refractivity contribution < 1.29 is 23.5 Å². The predicted octanol–water partition coefficient (Wildman–Crippen LogP) is 3.48. The highest BCUT2D eigenvalue weighted by molar-refractivity contribution is 8.11. The average molecular weight is 399 g/mol. The van der Waals surface area contributed by atoms with E-state index in [1.54, 1.807) is 43.0 Å². The summed E-state index contributed by atoms with van der Waals surface area (Å²) < 4.78 is 10.8. The second-order valence-electron chi connectivity index (χ2n) is 6.73. The van der Waals surface area contributed by atoms with Crippen molar-refractivity contribution in [3.05, 3.63) is 71.8 Å². The van der Waals surface area contributed by atoms with Crippen LogP contribution in [-0.4, -0.2) is 39.0 Å². The van der Waals surface area contributed by atoms with Gasteiger partial charge in [-0.3, -0.25) is 9.69 Å². The zero-order valence-corrected chi connectivity index (χ0v) is 16.5. The lowest BCUT2D eigenvalue weighted by Gasteiger charge is -2.32. The Labute approximate surface area is 168 Å². The van der Waals surface area contributed by atoms with Crippen LogP contribution in [0, 0.1) is 0 Å². The van der Waals surface area contributed by atoms with Gasteiger partial charge in [-0.15, -0.1) is 4.33 Å². The quantitative estimate of drug-likeness (QED) is 0.146. The molecular formula is C20H21N3O4S. The fraction of sp³-hybridized carbons (Fsp3) is 0.300. The van der Waals surface area contributed by atoms with Gasteiger partial charge in [-0.1, -0.05) is 48.5 Å². The van der Waals surface area contributed by atoms with Crippen LogP contribution in [0.5, 0.6) is 5.75 Å². The fourth-order valence-electron chi connectivity index (χ4n) is 3.09. The summed E-state index contributed by atoms with van der Waals surface area (Å²) in [5.74, 6) is -0.0286. The first kappa shape index (κ1) is 20.1. The Balaban J connectivity index is 1.68. The van der Waals surface area contributed by atoms with Crippen LogP contribution in [0.1, 0.15) is 19.4 Å². The summed E-state index contributed by atoms with van der Waals surface area (Å²) in [5.41, 5.74) is 9.59. The molecule has 28 heavy (non-hydrogen) atoms. The molecule has 8 heteroatoms. The largest absolute Gasteiger partial charge is 0.444 e. The molecule has 0 aromatic heterocycles. The molecule has 1 saturated heterocycles. The fourth-order valence-corrected chi connectivity index (χ4v) is 3.47. The molecule has 0 aliphatic carbocycles. The van der Waals surface area contributed by atoms with Crippen LogP contribution in [0.4, 0.5) is 0 Å². The van der Waals surface area contributed by atoms with Crippen LogP contribution in [-0.2, 0) is 20.3 Å². The molecule has 2 aromatic rings. The normalized spacial score (nSPS) is 17.8. The molecule has 3 rings (SSSR count). The zero-order valence-electron chi connectivity index (χ0n) is 15.6. The van der Waals surface area contributed by atoms with E-state index < -0.39 is 11.6 Å². The van der Waals surface area contributed by atoms with Crippen molar-refractivity contribution in [2.75, 3.05) is 6.61 Å². The Bertz CT molecular complexity index is 854. The van der Waals surface area contributed by atoms with Crippen molar-refractivity contribution in [1.29, 1.82) is 0 Å². The molecule has 1 aliphatic heterocycles. The number of para-hydroxylation sites is 1. The standard InChI is InChI=1S/C20H21N3O4S/c1-20(2)23(16(14-25-20)13-15-9-5-3-6-10-15)19(24)18(22-21)28-27-26-17-11-7-4-8-12-17/h3-12,16H,13-14H2,1-2H3/t16-/m0/s1. The zero-order chi connectivity index (χ0) is 20.0. The first-order valence-corrected chi connectivity index (χ1v) is 9.55. The highest BCUT2D eigenvalue weighted by atomic mass is 32.2. The van der Waals surface area contributed by atoms with E-state index in [1.165, 1.54) is 0 Å². The Morgan fingerprint density at radius 2 is 1.86 bits per heavy atom. The molecule has 7 nitrogen and oxygen atoms in total. The number of carbonyl (C=O) groups is 1. The third-order valence-corrected chi connectivity index (χ3v) is 4.92. The number of rotatable bonds is 5.